The van der Waals surface area contributed by atoms with Gasteiger partial charge in [0.05, 0.1) is 12.6 Å². The number of halogens is 1. The molecule has 1 aliphatic heterocycles. The summed E-state index contributed by atoms with van der Waals surface area (Å²) in [5.74, 6) is 0.478. The first-order valence-electron chi connectivity index (χ1n) is 11.6. The van der Waals surface area contributed by atoms with E-state index >= 15 is 0 Å². The Morgan fingerprint density at radius 2 is 1.94 bits per heavy atom. The molecule has 1 heterocycles. The van der Waals surface area contributed by atoms with E-state index in [0.29, 0.717) is 24.4 Å². The van der Waals surface area contributed by atoms with Crippen molar-refractivity contribution in [3.05, 3.63) is 35.5 Å². The first kappa shape index (κ1) is 27.7. The molecule has 0 fully saturated rings. The lowest BCUT2D eigenvalue weighted by molar-refractivity contribution is -0.117. The molecule has 0 saturated carbocycles. The van der Waals surface area contributed by atoms with Gasteiger partial charge >= 0.3 is 6.09 Å². The third kappa shape index (κ3) is 8.66. The van der Waals surface area contributed by atoms with E-state index in [0.717, 1.165) is 12.3 Å². The largest absolute Gasteiger partial charge is 0.493 e. The van der Waals surface area contributed by atoms with Gasteiger partial charge in [-0.05, 0) is 39.7 Å². The third-order valence-corrected chi connectivity index (χ3v) is 4.81. The summed E-state index contributed by atoms with van der Waals surface area (Å²) in [5.41, 5.74) is 0.0770. The highest BCUT2D eigenvalue weighted by Gasteiger charge is 2.28. The fourth-order valence-electron chi connectivity index (χ4n) is 3.26. The summed E-state index contributed by atoms with van der Waals surface area (Å²) in [5, 5.41) is 11.5. The van der Waals surface area contributed by atoms with Gasteiger partial charge in [0.25, 0.3) is 5.91 Å². The fraction of sp³-hybridized carbons (Fsp3) is 0.542. The van der Waals surface area contributed by atoms with E-state index in [1.54, 1.807) is 26.8 Å². The van der Waals surface area contributed by atoms with Crippen LogP contribution in [0.1, 0.15) is 40.5 Å². The number of aliphatic imine (C=N–C) groups is 1. The van der Waals surface area contributed by atoms with E-state index in [2.05, 4.69) is 26.3 Å². The van der Waals surface area contributed by atoms with E-state index in [-0.39, 0.29) is 30.1 Å². The number of ether oxygens (including phenoxy) is 2. The predicted octanol–water partition coefficient (Wildman–Crippen LogP) is 2.79. The molecule has 0 saturated heterocycles. The molecule has 194 valence electrons. The second kappa shape index (κ2) is 12.3. The summed E-state index contributed by atoms with van der Waals surface area (Å²) in [4.78, 5) is 30.7. The molecule has 1 atom stereocenters. The highest BCUT2D eigenvalue weighted by molar-refractivity contribution is 5.98. The maximum atomic E-state index is 14.3. The van der Waals surface area contributed by atoms with Crippen LogP contribution in [-0.2, 0) is 9.53 Å². The van der Waals surface area contributed by atoms with Gasteiger partial charge in [-0.2, -0.15) is 0 Å². The molecule has 10 nitrogen and oxygen atoms in total. The Morgan fingerprint density at radius 3 is 2.54 bits per heavy atom. The van der Waals surface area contributed by atoms with Gasteiger partial charge in [-0.3, -0.25) is 4.79 Å². The molecule has 0 aliphatic carbocycles. The number of likely N-dealkylation sites (N-methyl/N-ethyl adjacent to an activating group) is 2. The van der Waals surface area contributed by atoms with Crippen molar-refractivity contribution in [2.75, 3.05) is 39.6 Å². The number of hydrogen-bond acceptors (Lipinski definition) is 8. The van der Waals surface area contributed by atoms with E-state index in [9.17, 15) is 14.0 Å². The quantitative estimate of drug-likeness (QED) is 0.392. The number of nitrogens with zero attached hydrogens (tertiary/aromatic N) is 2. The smallest absolute Gasteiger partial charge is 0.407 e. The monoisotopic (exact) mass is 492 g/mol. The average molecular weight is 493 g/mol. The summed E-state index contributed by atoms with van der Waals surface area (Å²) in [6.07, 6.45) is 0.730. The molecular weight excluding hydrogens is 455 g/mol. The molecule has 1 aliphatic rings. The van der Waals surface area contributed by atoms with E-state index < -0.39 is 17.5 Å². The Balaban J connectivity index is 2.09. The van der Waals surface area contributed by atoms with Gasteiger partial charge in [0.2, 0.25) is 0 Å². The van der Waals surface area contributed by atoms with Gasteiger partial charge in [-0.1, -0.05) is 6.92 Å². The van der Waals surface area contributed by atoms with Gasteiger partial charge in [-0.25, -0.2) is 14.2 Å². The van der Waals surface area contributed by atoms with Gasteiger partial charge in [0.15, 0.2) is 5.82 Å². The molecule has 0 aromatic heterocycles. The van der Waals surface area contributed by atoms with Crippen molar-refractivity contribution < 1.29 is 23.5 Å². The number of carbonyl (C=O) groups excluding carboxylic acids is 2. The Hall–Kier alpha value is -3.50. The molecule has 2 amide bonds. The number of carbonyl (C=O) groups is 2. The van der Waals surface area contributed by atoms with Crippen molar-refractivity contribution in [1.29, 1.82) is 0 Å². The normalized spacial score (nSPS) is 15.5. The van der Waals surface area contributed by atoms with Gasteiger partial charge in [0, 0.05) is 45.5 Å². The van der Waals surface area contributed by atoms with E-state index in [1.165, 1.54) is 19.2 Å². The van der Waals surface area contributed by atoms with Crippen LogP contribution in [0.2, 0.25) is 0 Å². The van der Waals surface area contributed by atoms with E-state index in [1.807, 2.05) is 25.9 Å². The number of benzene rings is 1. The second-order valence-electron chi connectivity index (χ2n) is 9.20. The number of hydrogen-bond donors (Lipinski definition) is 4. The van der Waals surface area contributed by atoms with Crippen molar-refractivity contribution in [1.82, 2.24) is 20.9 Å². The fourth-order valence-corrected chi connectivity index (χ4v) is 3.26. The maximum Gasteiger partial charge on any atom is 0.407 e. The standard InChI is InChI=1S/C24H37FN6O4/c1-8-18-21(31(6)7)30-20(19(29-18)22(32)26-5)28-16-12-15(25)13-17(14-16)34-11-9-10-27-23(33)35-24(2,3)4/h12-14,18,28-29H,8-11H2,1-7H3,(H,26,32)(H,27,33). The van der Waals surface area contributed by atoms with Crippen LogP contribution in [0.25, 0.3) is 0 Å². The van der Waals surface area contributed by atoms with Crippen LogP contribution in [-0.4, -0.2) is 68.7 Å². The summed E-state index contributed by atoms with van der Waals surface area (Å²) in [6.45, 7) is 7.97. The SMILES string of the molecule is CCC1NC(C(=O)NC)=C(Nc2cc(F)cc(OCCCNC(=O)OC(C)(C)C)c2)N=C1N(C)C. The minimum absolute atomic E-state index is 0.136. The van der Waals surface area contributed by atoms with Crippen molar-refractivity contribution >= 4 is 23.5 Å². The molecule has 35 heavy (non-hydrogen) atoms. The topological polar surface area (TPSA) is 116 Å². The summed E-state index contributed by atoms with van der Waals surface area (Å²) >= 11 is 0. The highest BCUT2D eigenvalue weighted by Crippen LogP contribution is 2.24. The minimum Gasteiger partial charge on any atom is -0.493 e. The summed E-state index contributed by atoms with van der Waals surface area (Å²) < 4.78 is 25.2. The number of alkyl carbamates (subject to hydrolysis) is 1. The molecule has 0 radical (unpaired) electrons. The van der Waals surface area contributed by atoms with Crippen LogP contribution >= 0.6 is 0 Å². The molecular formula is C24H37FN6O4. The van der Waals surface area contributed by atoms with Crippen molar-refractivity contribution in [3.63, 3.8) is 0 Å². The van der Waals surface area contributed by atoms with Crippen LogP contribution in [0.5, 0.6) is 5.75 Å². The highest BCUT2D eigenvalue weighted by atomic mass is 19.1. The predicted molar refractivity (Wildman–Crippen MR) is 134 cm³/mol. The van der Waals surface area contributed by atoms with Crippen LogP contribution in [0.15, 0.2) is 34.7 Å². The molecule has 11 heteroatoms. The van der Waals surface area contributed by atoms with Gasteiger partial charge < -0.3 is 35.6 Å². The van der Waals surface area contributed by atoms with E-state index in [4.69, 9.17) is 9.47 Å². The maximum absolute atomic E-state index is 14.3. The molecule has 0 bridgehead atoms. The Morgan fingerprint density at radius 1 is 1.23 bits per heavy atom. The van der Waals surface area contributed by atoms with Gasteiger partial charge in [-0.15, -0.1) is 0 Å². The van der Waals surface area contributed by atoms with Gasteiger partial charge in [0.1, 0.15) is 28.7 Å². The third-order valence-electron chi connectivity index (χ3n) is 4.81. The minimum atomic E-state index is -0.568. The Bertz CT molecular complexity index is 971. The van der Waals surface area contributed by atoms with Crippen molar-refractivity contribution in [2.45, 2.75) is 52.2 Å². The Labute approximate surface area is 206 Å². The van der Waals surface area contributed by atoms with Crippen LogP contribution in [0.3, 0.4) is 0 Å². The number of anilines is 1. The molecule has 0 spiro atoms. The summed E-state index contributed by atoms with van der Waals surface area (Å²) in [7, 11) is 5.28. The summed E-state index contributed by atoms with van der Waals surface area (Å²) in [6, 6.07) is 4.04. The number of amidine groups is 1. The lowest BCUT2D eigenvalue weighted by Crippen LogP contribution is -2.49. The zero-order chi connectivity index (χ0) is 26.2. The molecule has 2 rings (SSSR count). The number of nitrogens with one attached hydrogen (secondary N) is 4. The number of rotatable bonds is 9. The van der Waals surface area contributed by atoms with Crippen LogP contribution < -0.4 is 26.0 Å². The Kier molecular flexibility index (Phi) is 9.73. The molecule has 1 aromatic carbocycles. The second-order valence-corrected chi connectivity index (χ2v) is 9.20. The first-order valence-corrected chi connectivity index (χ1v) is 11.6. The van der Waals surface area contributed by atoms with Crippen LogP contribution in [0.4, 0.5) is 14.9 Å². The number of amides is 2. The zero-order valence-corrected chi connectivity index (χ0v) is 21.5. The van der Waals surface area contributed by atoms with Crippen molar-refractivity contribution in [3.8, 4) is 5.75 Å². The zero-order valence-electron chi connectivity index (χ0n) is 21.5. The molecule has 1 unspecified atom stereocenters. The molecule has 1 aromatic rings. The van der Waals surface area contributed by atoms with Crippen LogP contribution in [0, 0.1) is 5.82 Å². The molecule has 4 N–H and O–H groups in total. The van der Waals surface area contributed by atoms with Crippen molar-refractivity contribution in [2.24, 2.45) is 4.99 Å². The first-order chi connectivity index (χ1) is 16.4. The average Bonchev–Trinajstić information content (AvgIpc) is 2.76. The lowest BCUT2D eigenvalue weighted by Gasteiger charge is -2.31. The lowest BCUT2D eigenvalue weighted by atomic mass is 10.1.